The Hall–Kier alpha value is -2.29. The Labute approximate surface area is 162 Å². The first-order chi connectivity index (χ1) is 11.8. The highest BCUT2D eigenvalue weighted by Gasteiger charge is 2.23. The number of carbonyl (C=O) groups excluding carboxylic acids is 1. The minimum atomic E-state index is -0.227. The van der Waals surface area contributed by atoms with E-state index in [9.17, 15) is 4.79 Å². The second-order valence-electron chi connectivity index (χ2n) is 5.08. The van der Waals surface area contributed by atoms with Gasteiger partial charge in [-0.15, -0.1) is 0 Å². The topological polar surface area (TPSA) is 29.1 Å². The van der Waals surface area contributed by atoms with Crippen LogP contribution in [0.2, 0.25) is 0 Å². The molecule has 0 spiro atoms. The van der Waals surface area contributed by atoms with Gasteiger partial charge in [0.1, 0.15) is 0 Å². The van der Waals surface area contributed by atoms with Gasteiger partial charge in [0.05, 0.1) is 6.04 Å². The van der Waals surface area contributed by atoms with Crippen LogP contribution in [0.3, 0.4) is 0 Å². The molecule has 0 fully saturated rings. The second kappa shape index (κ2) is 13.9. The average Bonchev–Trinajstić information content (AvgIpc) is 3.09. The Morgan fingerprint density at radius 3 is 2.08 bits per heavy atom. The Morgan fingerprint density at radius 1 is 0.923 bits per heavy atom. The molecule has 1 aliphatic carbocycles. The van der Waals surface area contributed by atoms with Crippen LogP contribution in [0.15, 0.2) is 60.7 Å². The maximum Gasteiger partial charge on any atom is 0.185 e. The predicted octanol–water partition coefficient (Wildman–Crippen LogP) is 6.00. The smallest absolute Gasteiger partial charge is 0.185 e. The Bertz CT molecular complexity index is 665. The number of rotatable bonds is 4. The maximum absolute atomic E-state index is 12.6. The summed E-state index contributed by atoms with van der Waals surface area (Å²) in [7, 11) is 0. The van der Waals surface area contributed by atoms with Crippen LogP contribution >= 0.6 is 0 Å². The van der Waals surface area contributed by atoms with Crippen LogP contribution in [-0.4, -0.2) is 20.2 Å². The van der Waals surface area contributed by atoms with Crippen molar-refractivity contribution in [3.05, 3.63) is 71.8 Å². The third-order valence-corrected chi connectivity index (χ3v) is 3.65. The van der Waals surface area contributed by atoms with E-state index in [1.807, 2.05) is 89.2 Å². The molecule has 2 aromatic carbocycles. The normalized spacial score (nSPS) is 11.5. The number of fused-ring (bicyclic) bond motifs is 1. The van der Waals surface area contributed by atoms with Gasteiger partial charge in [-0.3, -0.25) is 4.79 Å². The highest BCUT2D eigenvalue weighted by Crippen LogP contribution is 2.29. The zero-order valence-electron chi connectivity index (χ0n) is 16.0. The lowest BCUT2D eigenvalue weighted by Crippen LogP contribution is -2.26. The molecule has 3 radical (unpaired) electrons. The van der Waals surface area contributed by atoms with E-state index in [1.165, 1.54) is 5.56 Å². The average molecular weight is 350 g/mol. The zero-order valence-corrected chi connectivity index (χ0v) is 16.0. The predicted molar refractivity (Wildman–Crippen MR) is 118 cm³/mol. The second-order valence-corrected chi connectivity index (χ2v) is 5.08. The van der Waals surface area contributed by atoms with Gasteiger partial charge in [0.25, 0.3) is 0 Å². The molecule has 139 valence electrons. The molecule has 0 saturated carbocycles. The van der Waals surface area contributed by atoms with Crippen LogP contribution in [0.1, 0.15) is 53.2 Å². The molecule has 0 heterocycles. The van der Waals surface area contributed by atoms with Gasteiger partial charge in [-0.25, -0.2) is 0 Å². The molecule has 2 aromatic rings. The summed E-state index contributed by atoms with van der Waals surface area (Å²) in [5, 5.41) is 3.26. The van der Waals surface area contributed by atoms with Gasteiger partial charge in [0, 0.05) is 19.7 Å². The Balaban J connectivity index is 0. The first-order valence-electron chi connectivity index (χ1n) is 8.90. The van der Waals surface area contributed by atoms with Crippen LogP contribution in [0.5, 0.6) is 0 Å². The Kier molecular flexibility index (Phi) is 13.9. The summed E-state index contributed by atoms with van der Waals surface area (Å²) >= 11 is 0. The summed E-state index contributed by atoms with van der Waals surface area (Å²) in [5.41, 5.74) is 4.14. The molecule has 1 N–H and O–H groups in total. The van der Waals surface area contributed by atoms with Crippen LogP contribution < -0.4 is 5.32 Å². The fourth-order valence-electron chi connectivity index (χ4n) is 2.60. The first kappa shape index (κ1) is 25.9. The first-order valence-corrected chi connectivity index (χ1v) is 8.90. The molecule has 0 bridgehead atoms. The van der Waals surface area contributed by atoms with Crippen LogP contribution in [-0.2, 0) is 11.2 Å². The number of hydrogen-bond acceptors (Lipinski definition) is 2. The van der Waals surface area contributed by atoms with E-state index in [0.29, 0.717) is 0 Å². The van der Waals surface area contributed by atoms with Gasteiger partial charge in [-0.05, 0) is 36.6 Å². The molecule has 3 rings (SSSR count). The van der Waals surface area contributed by atoms with Gasteiger partial charge in [-0.2, -0.15) is 0 Å². The van der Waals surface area contributed by atoms with E-state index < -0.39 is 0 Å². The molecule has 26 heavy (non-hydrogen) atoms. The number of hydrogen-bond donors (Lipinski definition) is 1. The van der Waals surface area contributed by atoms with E-state index in [0.717, 1.165) is 23.2 Å². The molecule has 1 atom stereocenters. The number of carbonyl (C=O) groups is 1. The van der Waals surface area contributed by atoms with E-state index in [1.54, 1.807) is 0 Å². The molecule has 1 aliphatic rings. The minimum absolute atomic E-state index is 0. The Morgan fingerprint density at radius 2 is 1.46 bits per heavy atom. The lowest BCUT2D eigenvalue weighted by Gasteiger charge is -2.15. The summed E-state index contributed by atoms with van der Waals surface area (Å²) in [6, 6.07) is 17.7. The van der Waals surface area contributed by atoms with Gasteiger partial charge >= 0.3 is 0 Å². The molecule has 2 nitrogen and oxygen atoms in total. The molecule has 0 amide bonds. The number of anilines is 1. The number of ketones is 1. The number of nitrogens with one attached hydrogen (secondary N) is 1. The highest BCUT2D eigenvalue weighted by atomic mass is 16.1. The zero-order chi connectivity index (χ0) is 17.9. The fraction of sp³-hybridized carbons (Fsp3) is 0.348. The molecule has 0 aromatic heterocycles. The van der Waals surface area contributed by atoms with E-state index in [2.05, 4.69) is 11.4 Å². The summed E-state index contributed by atoms with van der Waals surface area (Å²) < 4.78 is 0. The highest BCUT2D eigenvalue weighted by molar-refractivity contribution is 6.25. The molecular formula is C23H33BNO. The maximum atomic E-state index is 12.6. The minimum Gasteiger partial charge on any atom is -0.375 e. The van der Waals surface area contributed by atoms with Crippen molar-refractivity contribution in [1.82, 2.24) is 0 Å². The lowest BCUT2D eigenvalue weighted by atomic mass is 9.99. The largest absolute Gasteiger partial charge is 0.375 e. The van der Waals surface area contributed by atoms with Gasteiger partial charge in [0.15, 0.2) is 5.78 Å². The summed E-state index contributed by atoms with van der Waals surface area (Å²) in [5.74, 6) is 0.152. The van der Waals surface area contributed by atoms with Crippen molar-refractivity contribution in [2.45, 2.75) is 54.5 Å². The number of Topliss-reactive ketones (excluding diaryl/α,β-unsaturated/α-hetero) is 1. The molecule has 1 unspecified atom stereocenters. The fourth-order valence-corrected chi connectivity index (χ4v) is 2.60. The van der Waals surface area contributed by atoms with Gasteiger partial charge in [0.2, 0.25) is 0 Å². The monoisotopic (exact) mass is 350 g/mol. The van der Waals surface area contributed by atoms with Crippen molar-refractivity contribution >= 4 is 25.5 Å². The van der Waals surface area contributed by atoms with Gasteiger partial charge < -0.3 is 5.32 Å². The molecule has 0 saturated heterocycles. The van der Waals surface area contributed by atoms with Crippen molar-refractivity contribution in [3.63, 3.8) is 0 Å². The SMILES string of the molecule is C.CC.CC.CC(Nc1ccccc1)C(=O)C1=CCc2ccccc21.[B]. The van der Waals surface area contributed by atoms with Crippen molar-refractivity contribution in [1.29, 1.82) is 0 Å². The van der Waals surface area contributed by atoms with E-state index in [4.69, 9.17) is 0 Å². The summed E-state index contributed by atoms with van der Waals surface area (Å²) in [6.45, 7) is 9.91. The summed E-state index contributed by atoms with van der Waals surface area (Å²) in [6.07, 6.45) is 2.89. The molecule has 0 aliphatic heterocycles. The number of para-hydroxylation sites is 1. The van der Waals surface area contributed by atoms with Crippen LogP contribution in [0, 0.1) is 0 Å². The third kappa shape index (κ3) is 6.55. The van der Waals surface area contributed by atoms with Gasteiger partial charge in [-0.1, -0.05) is 83.7 Å². The third-order valence-electron chi connectivity index (χ3n) is 3.65. The van der Waals surface area contributed by atoms with Crippen LogP contribution in [0.25, 0.3) is 5.57 Å². The quantitative estimate of drug-likeness (QED) is 0.685. The van der Waals surface area contributed by atoms with E-state index >= 15 is 0 Å². The number of benzene rings is 2. The standard InChI is InChI=1S/C18H17NO.2C2H6.CH4.B/c1-13(19-15-8-3-2-4-9-15)18(20)17-12-11-14-7-5-6-10-16(14)17;2*1-2;;/h2-10,12-13,19H,11H2,1H3;2*1-2H3;1H4;. The summed E-state index contributed by atoms with van der Waals surface area (Å²) in [4.78, 5) is 12.6. The molecule has 3 heteroatoms. The van der Waals surface area contributed by atoms with E-state index in [-0.39, 0.29) is 27.7 Å². The van der Waals surface area contributed by atoms with Crippen molar-refractivity contribution < 1.29 is 4.79 Å². The lowest BCUT2D eigenvalue weighted by molar-refractivity contribution is -0.114. The van der Waals surface area contributed by atoms with Crippen LogP contribution in [0.4, 0.5) is 5.69 Å². The van der Waals surface area contributed by atoms with Crippen molar-refractivity contribution in [2.24, 2.45) is 0 Å². The number of allylic oxidation sites excluding steroid dienone is 1. The van der Waals surface area contributed by atoms with Crippen molar-refractivity contribution in [2.75, 3.05) is 5.32 Å². The van der Waals surface area contributed by atoms with Crippen molar-refractivity contribution in [3.8, 4) is 0 Å². The molecular weight excluding hydrogens is 317 g/mol.